The number of halogens is 2. The van der Waals surface area contributed by atoms with Gasteiger partial charge < -0.3 is 5.73 Å². The van der Waals surface area contributed by atoms with Gasteiger partial charge in [-0.05, 0) is 36.2 Å². The molecule has 17 heavy (non-hydrogen) atoms. The van der Waals surface area contributed by atoms with Crippen molar-refractivity contribution in [3.05, 3.63) is 64.2 Å². The topological polar surface area (TPSA) is 38.9 Å². The Morgan fingerprint density at radius 2 is 2.12 bits per heavy atom. The van der Waals surface area contributed by atoms with Crippen LogP contribution in [0.2, 0.25) is 5.02 Å². The number of pyridine rings is 1. The van der Waals surface area contributed by atoms with Gasteiger partial charge in [-0.1, -0.05) is 23.7 Å². The summed E-state index contributed by atoms with van der Waals surface area (Å²) >= 11 is 6.02. The van der Waals surface area contributed by atoms with Gasteiger partial charge in [-0.15, -0.1) is 0 Å². The maximum absolute atomic E-state index is 13.5. The summed E-state index contributed by atoms with van der Waals surface area (Å²) in [4.78, 5) is 3.96. The van der Waals surface area contributed by atoms with E-state index in [9.17, 15) is 4.39 Å². The number of aryl methyl sites for hydroxylation is 1. The Morgan fingerprint density at radius 1 is 1.35 bits per heavy atom. The van der Waals surface area contributed by atoms with Gasteiger partial charge in [-0.25, -0.2) is 4.39 Å². The van der Waals surface area contributed by atoms with Gasteiger partial charge >= 0.3 is 0 Å². The summed E-state index contributed by atoms with van der Waals surface area (Å²) in [7, 11) is 0. The van der Waals surface area contributed by atoms with Crippen molar-refractivity contribution in [2.75, 3.05) is 0 Å². The zero-order valence-electron chi connectivity index (χ0n) is 9.32. The van der Waals surface area contributed by atoms with Gasteiger partial charge in [0.15, 0.2) is 0 Å². The van der Waals surface area contributed by atoms with Crippen molar-refractivity contribution >= 4 is 11.6 Å². The van der Waals surface area contributed by atoms with E-state index in [0.717, 1.165) is 11.1 Å². The maximum atomic E-state index is 13.5. The predicted molar refractivity (Wildman–Crippen MR) is 66.4 cm³/mol. The summed E-state index contributed by atoms with van der Waals surface area (Å²) in [6.07, 6.45) is 1.52. The fourth-order valence-electron chi connectivity index (χ4n) is 1.59. The second-order valence-corrected chi connectivity index (χ2v) is 4.26. The van der Waals surface area contributed by atoms with E-state index in [2.05, 4.69) is 4.98 Å². The third kappa shape index (κ3) is 2.46. The van der Waals surface area contributed by atoms with Crippen molar-refractivity contribution in [3.8, 4) is 0 Å². The smallest absolute Gasteiger partial charge is 0.146 e. The van der Waals surface area contributed by atoms with Crippen LogP contribution in [0.1, 0.15) is 22.9 Å². The summed E-state index contributed by atoms with van der Waals surface area (Å²) in [6, 6.07) is 7.72. The van der Waals surface area contributed by atoms with E-state index < -0.39 is 11.9 Å². The first-order valence-electron chi connectivity index (χ1n) is 5.21. The molecular formula is C13H12ClFN2. The Morgan fingerprint density at radius 3 is 2.76 bits per heavy atom. The first kappa shape index (κ1) is 12.0. The van der Waals surface area contributed by atoms with Crippen molar-refractivity contribution in [1.29, 1.82) is 0 Å². The number of nitrogens with two attached hydrogens (primary N) is 1. The van der Waals surface area contributed by atoms with Crippen molar-refractivity contribution in [2.24, 2.45) is 5.73 Å². The SMILES string of the molecule is Cc1ccc(C(N)c2ncccc2F)cc1Cl. The minimum Gasteiger partial charge on any atom is -0.319 e. The Balaban J connectivity index is 2.40. The molecule has 1 heterocycles. The van der Waals surface area contributed by atoms with Crippen LogP contribution in [0.3, 0.4) is 0 Å². The molecule has 0 saturated carbocycles. The van der Waals surface area contributed by atoms with E-state index in [1.807, 2.05) is 19.1 Å². The zero-order valence-corrected chi connectivity index (χ0v) is 10.1. The second-order valence-electron chi connectivity index (χ2n) is 3.86. The van der Waals surface area contributed by atoms with E-state index in [1.54, 1.807) is 6.07 Å². The number of hydrogen-bond acceptors (Lipinski definition) is 2. The van der Waals surface area contributed by atoms with Gasteiger partial charge in [0, 0.05) is 11.2 Å². The van der Waals surface area contributed by atoms with E-state index >= 15 is 0 Å². The van der Waals surface area contributed by atoms with Crippen molar-refractivity contribution in [1.82, 2.24) is 4.98 Å². The second kappa shape index (κ2) is 4.82. The van der Waals surface area contributed by atoms with Crippen molar-refractivity contribution < 1.29 is 4.39 Å². The molecule has 2 rings (SSSR count). The normalized spacial score (nSPS) is 12.5. The molecule has 2 aromatic rings. The molecule has 0 fully saturated rings. The van der Waals surface area contributed by atoms with E-state index in [0.29, 0.717) is 5.02 Å². The molecule has 0 spiro atoms. The highest BCUT2D eigenvalue weighted by Gasteiger charge is 2.15. The molecule has 0 aliphatic carbocycles. The van der Waals surface area contributed by atoms with Crippen LogP contribution < -0.4 is 5.73 Å². The molecule has 1 unspecified atom stereocenters. The molecule has 0 bridgehead atoms. The summed E-state index contributed by atoms with van der Waals surface area (Å²) in [5, 5.41) is 0.620. The molecule has 0 aliphatic rings. The molecule has 88 valence electrons. The first-order chi connectivity index (χ1) is 8.09. The van der Waals surface area contributed by atoms with Gasteiger partial charge in [0.2, 0.25) is 0 Å². The van der Waals surface area contributed by atoms with E-state index in [4.69, 9.17) is 17.3 Å². The molecule has 1 aromatic carbocycles. The standard InChI is InChI=1S/C13H12ClFN2/c1-8-4-5-9(7-10(8)14)12(16)13-11(15)3-2-6-17-13/h2-7,12H,16H2,1H3. The average molecular weight is 251 g/mol. The van der Waals surface area contributed by atoms with Crippen LogP contribution in [0, 0.1) is 12.7 Å². The highest BCUT2D eigenvalue weighted by Crippen LogP contribution is 2.24. The third-order valence-electron chi connectivity index (χ3n) is 2.64. The lowest BCUT2D eigenvalue weighted by Crippen LogP contribution is -2.15. The number of benzene rings is 1. The molecule has 4 heteroatoms. The van der Waals surface area contributed by atoms with E-state index in [1.165, 1.54) is 18.3 Å². The molecule has 2 nitrogen and oxygen atoms in total. The van der Waals surface area contributed by atoms with Gasteiger partial charge in [-0.3, -0.25) is 4.98 Å². The van der Waals surface area contributed by atoms with Crippen molar-refractivity contribution in [2.45, 2.75) is 13.0 Å². The molecule has 0 aliphatic heterocycles. The fraction of sp³-hybridized carbons (Fsp3) is 0.154. The van der Waals surface area contributed by atoms with Crippen LogP contribution in [-0.2, 0) is 0 Å². The highest BCUT2D eigenvalue weighted by atomic mass is 35.5. The van der Waals surface area contributed by atoms with Crippen molar-refractivity contribution in [3.63, 3.8) is 0 Å². The lowest BCUT2D eigenvalue weighted by Gasteiger charge is -2.13. The average Bonchev–Trinajstić information content (AvgIpc) is 2.32. The quantitative estimate of drug-likeness (QED) is 0.889. The minimum atomic E-state index is -0.603. The molecule has 1 aromatic heterocycles. The van der Waals surface area contributed by atoms with Crippen LogP contribution >= 0.6 is 11.6 Å². The highest BCUT2D eigenvalue weighted by molar-refractivity contribution is 6.31. The third-order valence-corrected chi connectivity index (χ3v) is 3.04. The molecular weight excluding hydrogens is 239 g/mol. The van der Waals surface area contributed by atoms with Gasteiger partial charge in [0.05, 0.1) is 11.7 Å². The molecule has 0 radical (unpaired) electrons. The monoisotopic (exact) mass is 250 g/mol. The Labute approximate surface area is 104 Å². The van der Waals surface area contributed by atoms with Crippen LogP contribution in [0.25, 0.3) is 0 Å². The van der Waals surface area contributed by atoms with Gasteiger partial charge in [0.25, 0.3) is 0 Å². The van der Waals surface area contributed by atoms with Crippen LogP contribution in [0.5, 0.6) is 0 Å². The Bertz CT molecular complexity index is 543. The number of aromatic nitrogens is 1. The van der Waals surface area contributed by atoms with Crippen LogP contribution in [0.15, 0.2) is 36.5 Å². The van der Waals surface area contributed by atoms with E-state index in [-0.39, 0.29) is 5.69 Å². The predicted octanol–water partition coefficient (Wildman–Crippen LogP) is 3.23. The number of hydrogen-bond donors (Lipinski definition) is 1. The zero-order chi connectivity index (χ0) is 12.4. The summed E-state index contributed by atoms with van der Waals surface area (Å²) in [6.45, 7) is 1.90. The summed E-state index contributed by atoms with van der Waals surface area (Å²) in [5.74, 6) is -0.406. The Hall–Kier alpha value is -1.45. The fourth-order valence-corrected chi connectivity index (χ4v) is 1.78. The van der Waals surface area contributed by atoms with Crippen LogP contribution in [0.4, 0.5) is 4.39 Å². The molecule has 0 saturated heterocycles. The first-order valence-corrected chi connectivity index (χ1v) is 5.59. The summed E-state index contributed by atoms with van der Waals surface area (Å²) < 4.78 is 13.5. The van der Waals surface area contributed by atoms with Crippen LogP contribution in [-0.4, -0.2) is 4.98 Å². The minimum absolute atomic E-state index is 0.229. The molecule has 0 amide bonds. The van der Waals surface area contributed by atoms with Gasteiger partial charge in [-0.2, -0.15) is 0 Å². The number of nitrogens with zero attached hydrogens (tertiary/aromatic N) is 1. The molecule has 1 atom stereocenters. The molecule has 2 N–H and O–H groups in total. The summed E-state index contributed by atoms with van der Waals surface area (Å²) in [5.41, 5.74) is 7.91. The number of rotatable bonds is 2. The lowest BCUT2D eigenvalue weighted by atomic mass is 10.0. The lowest BCUT2D eigenvalue weighted by molar-refractivity contribution is 0.586. The maximum Gasteiger partial charge on any atom is 0.146 e. The Kier molecular flexibility index (Phi) is 3.41. The largest absolute Gasteiger partial charge is 0.319 e. The van der Waals surface area contributed by atoms with Gasteiger partial charge in [0.1, 0.15) is 5.82 Å².